The largest absolute Gasteiger partial charge is 0.393 e. The molecule has 2 heterocycles. The molecule has 3 aliphatic rings. The van der Waals surface area contributed by atoms with Gasteiger partial charge in [0.25, 0.3) is 0 Å². The molecule has 1 N–H and O–H groups in total. The van der Waals surface area contributed by atoms with Crippen LogP contribution in [0.2, 0.25) is 0 Å². The first-order valence-corrected chi connectivity index (χ1v) is 5.36. The zero-order valence-corrected chi connectivity index (χ0v) is 7.85. The van der Waals surface area contributed by atoms with Gasteiger partial charge in [0.05, 0.1) is 19.3 Å². The fourth-order valence-electron chi connectivity index (χ4n) is 2.93. The Morgan fingerprint density at radius 1 is 1.08 bits per heavy atom. The van der Waals surface area contributed by atoms with Crippen molar-refractivity contribution in [2.75, 3.05) is 26.3 Å². The summed E-state index contributed by atoms with van der Waals surface area (Å²) in [6.07, 6.45) is 1.90. The van der Waals surface area contributed by atoms with E-state index in [0.717, 1.165) is 57.0 Å². The molecule has 13 heavy (non-hydrogen) atoms. The molecule has 3 rings (SSSR count). The SMILES string of the molecule is OC1CCN(C2C3COCC32)CC1. The molecular formula is C10H17NO2. The van der Waals surface area contributed by atoms with E-state index in [1.165, 1.54) is 0 Å². The molecule has 0 aromatic rings. The third kappa shape index (κ3) is 1.30. The monoisotopic (exact) mass is 183 g/mol. The highest BCUT2D eigenvalue weighted by molar-refractivity contribution is 5.07. The molecule has 3 fully saturated rings. The Balaban J connectivity index is 1.56. The molecule has 0 spiro atoms. The summed E-state index contributed by atoms with van der Waals surface area (Å²) in [6.45, 7) is 4.15. The Kier molecular flexibility index (Phi) is 1.86. The summed E-state index contributed by atoms with van der Waals surface area (Å²) in [6, 6.07) is 0.807. The van der Waals surface area contributed by atoms with Crippen molar-refractivity contribution in [3.63, 3.8) is 0 Å². The number of hydrogen-bond donors (Lipinski definition) is 1. The third-order valence-electron chi connectivity index (χ3n) is 3.83. The zero-order chi connectivity index (χ0) is 8.84. The Bertz CT molecular complexity index is 191. The van der Waals surface area contributed by atoms with E-state index in [4.69, 9.17) is 4.74 Å². The van der Waals surface area contributed by atoms with Crippen molar-refractivity contribution in [2.24, 2.45) is 11.8 Å². The molecule has 2 aliphatic heterocycles. The van der Waals surface area contributed by atoms with Crippen molar-refractivity contribution in [3.05, 3.63) is 0 Å². The minimum atomic E-state index is -0.0360. The lowest BCUT2D eigenvalue weighted by Gasteiger charge is -2.30. The van der Waals surface area contributed by atoms with Crippen LogP contribution >= 0.6 is 0 Å². The first-order valence-electron chi connectivity index (χ1n) is 5.36. The first kappa shape index (κ1) is 8.21. The molecule has 2 saturated heterocycles. The number of hydrogen-bond acceptors (Lipinski definition) is 3. The molecule has 1 aliphatic carbocycles. The second-order valence-electron chi connectivity index (χ2n) is 4.62. The average molecular weight is 183 g/mol. The summed E-state index contributed by atoms with van der Waals surface area (Å²) in [5.41, 5.74) is 0. The number of aliphatic hydroxyl groups is 1. The van der Waals surface area contributed by atoms with E-state index in [9.17, 15) is 5.11 Å². The van der Waals surface area contributed by atoms with Gasteiger partial charge in [-0.1, -0.05) is 0 Å². The van der Waals surface area contributed by atoms with E-state index in [0.29, 0.717) is 0 Å². The maximum atomic E-state index is 9.38. The van der Waals surface area contributed by atoms with Gasteiger partial charge in [-0.3, -0.25) is 4.90 Å². The molecule has 0 bridgehead atoms. The van der Waals surface area contributed by atoms with Gasteiger partial charge >= 0.3 is 0 Å². The van der Waals surface area contributed by atoms with Crippen molar-refractivity contribution < 1.29 is 9.84 Å². The molecule has 0 aromatic heterocycles. The van der Waals surface area contributed by atoms with Crippen molar-refractivity contribution >= 4 is 0 Å². The highest BCUT2D eigenvalue weighted by Gasteiger charge is 2.56. The molecule has 2 unspecified atom stereocenters. The molecule has 0 aromatic carbocycles. The van der Waals surface area contributed by atoms with Crippen LogP contribution in [0.1, 0.15) is 12.8 Å². The smallest absolute Gasteiger partial charge is 0.0564 e. The van der Waals surface area contributed by atoms with Gasteiger partial charge < -0.3 is 9.84 Å². The summed E-state index contributed by atoms with van der Waals surface area (Å²) in [7, 11) is 0. The molecular weight excluding hydrogens is 166 g/mol. The number of piperidine rings is 1. The molecule has 0 radical (unpaired) electrons. The summed E-state index contributed by atoms with van der Waals surface area (Å²) in [4.78, 5) is 2.56. The van der Waals surface area contributed by atoms with Crippen LogP contribution in [0.4, 0.5) is 0 Å². The lowest BCUT2D eigenvalue weighted by Crippen LogP contribution is -2.39. The Labute approximate surface area is 78.7 Å². The van der Waals surface area contributed by atoms with Gasteiger partial charge in [-0.15, -0.1) is 0 Å². The predicted molar refractivity (Wildman–Crippen MR) is 48.4 cm³/mol. The van der Waals surface area contributed by atoms with Crippen LogP contribution in [0.3, 0.4) is 0 Å². The predicted octanol–water partition coefficient (Wildman–Crippen LogP) is 0.0879. The summed E-state index contributed by atoms with van der Waals surface area (Å²) in [5.74, 6) is 1.66. The number of aliphatic hydroxyl groups excluding tert-OH is 1. The Hall–Kier alpha value is -0.120. The minimum absolute atomic E-state index is 0.0360. The van der Waals surface area contributed by atoms with Crippen molar-refractivity contribution in [1.82, 2.24) is 4.90 Å². The van der Waals surface area contributed by atoms with E-state index in [2.05, 4.69) is 4.90 Å². The number of ether oxygens (including phenoxy) is 1. The molecule has 3 nitrogen and oxygen atoms in total. The molecule has 74 valence electrons. The quantitative estimate of drug-likeness (QED) is 0.625. The van der Waals surface area contributed by atoms with Gasteiger partial charge in [0.2, 0.25) is 0 Å². The van der Waals surface area contributed by atoms with Gasteiger partial charge in [0.15, 0.2) is 0 Å². The van der Waals surface area contributed by atoms with E-state index >= 15 is 0 Å². The van der Waals surface area contributed by atoms with Gasteiger partial charge in [-0.25, -0.2) is 0 Å². The van der Waals surface area contributed by atoms with Crippen LogP contribution in [0.5, 0.6) is 0 Å². The van der Waals surface area contributed by atoms with E-state index in [-0.39, 0.29) is 6.10 Å². The van der Waals surface area contributed by atoms with Crippen molar-refractivity contribution in [2.45, 2.75) is 25.0 Å². The van der Waals surface area contributed by atoms with Crippen molar-refractivity contribution in [3.8, 4) is 0 Å². The maximum Gasteiger partial charge on any atom is 0.0564 e. The highest BCUT2D eigenvalue weighted by atomic mass is 16.5. The van der Waals surface area contributed by atoms with E-state index in [1.807, 2.05) is 0 Å². The second-order valence-corrected chi connectivity index (χ2v) is 4.62. The standard InChI is InChI=1S/C10H17NO2/c12-7-1-3-11(4-2-7)10-8-5-13-6-9(8)10/h7-10,12H,1-6H2. The van der Waals surface area contributed by atoms with Crippen LogP contribution in [-0.4, -0.2) is 48.5 Å². The topological polar surface area (TPSA) is 32.7 Å². The third-order valence-corrected chi connectivity index (χ3v) is 3.83. The number of fused-ring (bicyclic) bond motifs is 1. The number of rotatable bonds is 1. The Morgan fingerprint density at radius 2 is 1.69 bits per heavy atom. The van der Waals surface area contributed by atoms with Crippen LogP contribution in [-0.2, 0) is 4.74 Å². The lowest BCUT2D eigenvalue weighted by molar-refractivity contribution is 0.0587. The van der Waals surface area contributed by atoms with Crippen LogP contribution in [0.15, 0.2) is 0 Å². The minimum Gasteiger partial charge on any atom is -0.393 e. The molecule has 0 amide bonds. The van der Waals surface area contributed by atoms with Crippen LogP contribution in [0.25, 0.3) is 0 Å². The van der Waals surface area contributed by atoms with Gasteiger partial charge in [-0.05, 0) is 12.8 Å². The second kappa shape index (κ2) is 2.94. The van der Waals surface area contributed by atoms with Gasteiger partial charge in [-0.2, -0.15) is 0 Å². The fourth-order valence-corrected chi connectivity index (χ4v) is 2.93. The summed E-state index contributed by atoms with van der Waals surface area (Å²) < 4.78 is 5.37. The first-order chi connectivity index (χ1) is 6.36. The number of likely N-dealkylation sites (tertiary alicyclic amines) is 1. The molecule has 1 saturated carbocycles. The van der Waals surface area contributed by atoms with Gasteiger partial charge in [0.1, 0.15) is 0 Å². The van der Waals surface area contributed by atoms with Crippen LogP contribution in [0, 0.1) is 11.8 Å². The number of nitrogens with zero attached hydrogens (tertiary/aromatic N) is 1. The van der Waals surface area contributed by atoms with Gasteiger partial charge in [0, 0.05) is 31.0 Å². The maximum absolute atomic E-state index is 9.38. The highest BCUT2D eigenvalue weighted by Crippen LogP contribution is 2.48. The zero-order valence-electron chi connectivity index (χ0n) is 7.85. The normalized spacial score (nSPS) is 46.4. The summed E-state index contributed by atoms with van der Waals surface area (Å²) in [5, 5.41) is 9.38. The Morgan fingerprint density at radius 3 is 2.31 bits per heavy atom. The summed E-state index contributed by atoms with van der Waals surface area (Å²) >= 11 is 0. The van der Waals surface area contributed by atoms with E-state index in [1.54, 1.807) is 0 Å². The van der Waals surface area contributed by atoms with E-state index < -0.39 is 0 Å². The average Bonchev–Trinajstić information content (AvgIpc) is 2.63. The lowest BCUT2D eigenvalue weighted by atomic mass is 10.1. The molecule has 2 atom stereocenters. The van der Waals surface area contributed by atoms with Crippen molar-refractivity contribution in [1.29, 1.82) is 0 Å². The fraction of sp³-hybridized carbons (Fsp3) is 1.00. The molecule has 3 heteroatoms. The van der Waals surface area contributed by atoms with Crippen LogP contribution < -0.4 is 0 Å².